The summed E-state index contributed by atoms with van der Waals surface area (Å²) in [5, 5.41) is 23.0. The van der Waals surface area contributed by atoms with E-state index in [4.69, 9.17) is 10.2 Å². The SMILES string of the molecule is O=C(CC1CCNC1)N[C@@H](CCO)C(=O)O. The zero-order valence-corrected chi connectivity index (χ0v) is 9.11. The third-order valence-electron chi connectivity index (χ3n) is 2.69. The molecule has 1 fully saturated rings. The molecular formula is C10H18N2O4. The van der Waals surface area contributed by atoms with Gasteiger partial charge in [0.05, 0.1) is 0 Å². The van der Waals surface area contributed by atoms with E-state index in [1.807, 2.05) is 0 Å². The van der Waals surface area contributed by atoms with Crippen LogP contribution in [0.15, 0.2) is 0 Å². The molecule has 6 nitrogen and oxygen atoms in total. The Morgan fingerprint density at radius 1 is 1.50 bits per heavy atom. The highest BCUT2D eigenvalue weighted by atomic mass is 16.4. The summed E-state index contributed by atoms with van der Waals surface area (Å²) in [5.41, 5.74) is 0. The van der Waals surface area contributed by atoms with E-state index in [1.54, 1.807) is 0 Å². The highest BCUT2D eigenvalue weighted by molar-refractivity contribution is 5.83. The highest BCUT2D eigenvalue weighted by Gasteiger charge is 2.22. The molecule has 16 heavy (non-hydrogen) atoms. The van der Waals surface area contributed by atoms with Crippen molar-refractivity contribution in [2.75, 3.05) is 19.7 Å². The number of amides is 1. The van der Waals surface area contributed by atoms with E-state index < -0.39 is 12.0 Å². The van der Waals surface area contributed by atoms with Crippen molar-refractivity contribution in [3.05, 3.63) is 0 Å². The van der Waals surface area contributed by atoms with Crippen molar-refractivity contribution in [2.24, 2.45) is 5.92 Å². The normalized spacial score (nSPS) is 21.7. The number of hydrogen-bond acceptors (Lipinski definition) is 4. The molecule has 0 aromatic heterocycles. The fourth-order valence-electron chi connectivity index (χ4n) is 1.79. The Balaban J connectivity index is 2.32. The Hall–Kier alpha value is -1.14. The van der Waals surface area contributed by atoms with Crippen molar-refractivity contribution >= 4 is 11.9 Å². The Labute approximate surface area is 94.0 Å². The summed E-state index contributed by atoms with van der Waals surface area (Å²) in [5.74, 6) is -1.06. The molecule has 0 aromatic carbocycles. The van der Waals surface area contributed by atoms with Gasteiger partial charge in [-0.3, -0.25) is 4.79 Å². The fraction of sp³-hybridized carbons (Fsp3) is 0.800. The molecule has 4 N–H and O–H groups in total. The van der Waals surface area contributed by atoms with Gasteiger partial charge in [-0.1, -0.05) is 0 Å². The van der Waals surface area contributed by atoms with Crippen LogP contribution in [0.2, 0.25) is 0 Å². The number of aliphatic hydroxyl groups is 1. The van der Waals surface area contributed by atoms with E-state index in [0.29, 0.717) is 12.3 Å². The summed E-state index contributed by atoms with van der Waals surface area (Å²) < 4.78 is 0. The molecule has 6 heteroatoms. The molecule has 0 spiro atoms. The number of aliphatic hydroxyl groups excluding tert-OH is 1. The van der Waals surface area contributed by atoms with Crippen LogP contribution >= 0.6 is 0 Å². The number of carbonyl (C=O) groups excluding carboxylic acids is 1. The van der Waals surface area contributed by atoms with E-state index in [-0.39, 0.29) is 18.9 Å². The smallest absolute Gasteiger partial charge is 0.326 e. The van der Waals surface area contributed by atoms with Crippen molar-refractivity contribution < 1.29 is 19.8 Å². The predicted molar refractivity (Wildman–Crippen MR) is 56.9 cm³/mol. The maximum atomic E-state index is 11.5. The second kappa shape index (κ2) is 6.44. The summed E-state index contributed by atoms with van der Waals surface area (Å²) in [6.07, 6.45) is 1.34. The molecular weight excluding hydrogens is 212 g/mol. The standard InChI is InChI=1S/C10H18N2O4/c13-4-2-8(10(15)16)12-9(14)5-7-1-3-11-6-7/h7-8,11,13H,1-6H2,(H,12,14)(H,15,16)/t7?,8-/m0/s1. The molecule has 1 amide bonds. The first-order valence-corrected chi connectivity index (χ1v) is 5.47. The summed E-state index contributed by atoms with van der Waals surface area (Å²) in [6.45, 7) is 1.48. The number of aliphatic carboxylic acids is 1. The van der Waals surface area contributed by atoms with Crippen LogP contribution in [0.5, 0.6) is 0 Å². The monoisotopic (exact) mass is 230 g/mol. The average molecular weight is 230 g/mol. The van der Waals surface area contributed by atoms with Gasteiger partial charge in [-0.2, -0.15) is 0 Å². The quantitative estimate of drug-likeness (QED) is 0.466. The van der Waals surface area contributed by atoms with Crippen molar-refractivity contribution in [3.63, 3.8) is 0 Å². The lowest BCUT2D eigenvalue weighted by Crippen LogP contribution is -2.42. The van der Waals surface area contributed by atoms with Gasteiger partial charge in [0.2, 0.25) is 5.91 Å². The zero-order valence-electron chi connectivity index (χ0n) is 9.11. The average Bonchev–Trinajstić information content (AvgIpc) is 2.69. The number of carboxylic acid groups (broad SMARTS) is 1. The number of carboxylic acids is 1. The minimum atomic E-state index is -1.10. The fourth-order valence-corrected chi connectivity index (χ4v) is 1.79. The summed E-state index contributed by atoms with van der Waals surface area (Å²) in [6, 6.07) is -0.980. The molecule has 0 aromatic rings. The summed E-state index contributed by atoms with van der Waals surface area (Å²) in [7, 11) is 0. The van der Waals surface area contributed by atoms with Crippen molar-refractivity contribution in [3.8, 4) is 0 Å². The van der Waals surface area contributed by atoms with Gasteiger partial charge in [0.25, 0.3) is 0 Å². The second-order valence-corrected chi connectivity index (χ2v) is 4.03. The van der Waals surface area contributed by atoms with Crippen LogP contribution in [-0.2, 0) is 9.59 Å². The van der Waals surface area contributed by atoms with E-state index >= 15 is 0 Å². The molecule has 0 radical (unpaired) electrons. The largest absolute Gasteiger partial charge is 0.480 e. The Morgan fingerprint density at radius 2 is 2.25 bits per heavy atom. The van der Waals surface area contributed by atoms with Gasteiger partial charge in [0.15, 0.2) is 0 Å². The van der Waals surface area contributed by atoms with Crippen LogP contribution in [0, 0.1) is 5.92 Å². The number of nitrogens with one attached hydrogen (secondary N) is 2. The first kappa shape index (κ1) is 12.9. The van der Waals surface area contributed by atoms with Crippen LogP contribution in [0.3, 0.4) is 0 Å². The van der Waals surface area contributed by atoms with E-state index in [1.165, 1.54) is 0 Å². The lowest BCUT2D eigenvalue weighted by atomic mass is 10.0. The molecule has 0 aliphatic carbocycles. The summed E-state index contributed by atoms with van der Waals surface area (Å²) >= 11 is 0. The minimum absolute atomic E-state index is 0.0456. The van der Waals surface area contributed by atoms with Crippen LogP contribution in [-0.4, -0.2) is 47.8 Å². The topological polar surface area (TPSA) is 98.7 Å². The predicted octanol–water partition coefficient (Wildman–Crippen LogP) is -1.06. The van der Waals surface area contributed by atoms with Crippen LogP contribution in [0.4, 0.5) is 0 Å². The minimum Gasteiger partial charge on any atom is -0.480 e. The molecule has 1 rings (SSSR count). The lowest BCUT2D eigenvalue weighted by molar-refractivity contribution is -0.142. The Bertz CT molecular complexity index is 251. The molecule has 2 atom stereocenters. The lowest BCUT2D eigenvalue weighted by Gasteiger charge is -2.14. The molecule has 1 saturated heterocycles. The van der Waals surface area contributed by atoms with Gasteiger partial charge >= 0.3 is 5.97 Å². The van der Waals surface area contributed by atoms with Gasteiger partial charge in [-0.15, -0.1) is 0 Å². The third-order valence-corrected chi connectivity index (χ3v) is 2.69. The molecule has 1 unspecified atom stereocenters. The highest BCUT2D eigenvalue weighted by Crippen LogP contribution is 2.11. The van der Waals surface area contributed by atoms with Gasteiger partial charge in [-0.25, -0.2) is 4.79 Å². The van der Waals surface area contributed by atoms with Crippen LogP contribution in [0.1, 0.15) is 19.3 Å². The van der Waals surface area contributed by atoms with Crippen LogP contribution < -0.4 is 10.6 Å². The Morgan fingerprint density at radius 3 is 2.75 bits per heavy atom. The number of hydrogen-bond donors (Lipinski definition) is 4. The summed E-state index contributed by atoms with van der Waals surface area (Å²) in [4.78, 5) is 22.2. The van der Waals surface area contributed by atoms with Gasteiger partial charge in [0, 0.05) is 19.4 Å². The Kier molecular flexibility index (Phi) is 5.21. The van der Waals surface area contributed by atoms with Gasteiger partial charge in [-0.05, 0) is 25.4 Å². The maximum absolute atomic E-state index is 11.5. The van der Waals surface area contributed by atoms with Crippen molar-refractivity contribution in [1.29, 1.82) is 0 Å². The molecule has 0 bridgehead atoms. The first-order chi connectivity index (χ1) is 7.63. The van der Waals surface area contributed by atoms with Gasteiger partial charge < -0.3 is 20.8 Å². The maximum Gasteiger partial charge on any atom is 0.326 e. The van der Waals surface area contributed by atoms with E-state index in [9.17, 15) is 9.59 Å². The van der Waals surface area contributed by atoms with Crippen LogP contribution in [0.25, 0.3) is 0 Å². The molecule has 1 aliphatic heterocycles. The molecule has 1 aliphatic rings. The number of rotatable bonds is 6. The van der Waals surface area contributed by atoms with Crippen molar-refractivity contribution in [1.82, 2.24) is 10.6 Å². The molecule has 0 saturated carbocycles. The first-order valence-electron chi connectivity index (χ1n) is 5.47. The van der Waals surface area contributed by atoms with Gasteiger partial charge in [0.1, 0.15) is 6.04 Å². The van der Waals surface area contributed by atoms with E-state index in [2.05, 4.69) is 10.6 Å². The third kappa shape index (κ3) is 4.16. The number of carbonyl (C=O) groups is 2. The second-order valence-electron chi connectivity index (χ2n) is 4.03. The molecule has 92 valence electrons. The zero-order chi connectivity index (χ0) is 12.0. The van der Waals surface area contributed by atoms with Crippen molar-refractivity contribution in [2.45, 2.75) is 25.3 Å². The van der Waals surface area contributed by atoms with E-state index in [0.717, 1.165) is 19.5 Å². The molecule has 1 heterocycles.